The third-order valence-electron chi connectivity index (χ3n) is 2.63. The van der Waals surface area contributed by atoms with E-state index in [1.807, 2.05) is 0 Å². The second-order valence-electron chi connectivity index (χ2n) is 4.29. The molecule has 2 N–H and O–H groups in total. The molecule has 0 bridgehead atoms. The summed E-state index contributed by atoms with van der Waals surface area (Å²) in [6.45, 7) is 2.52. The van der Waals surface area contributed by atoms with E-state index in [2.05, 4.69) is 46.5 Å². The fraction of sp³-hybridized carbons (Fsp3) is 0.286. The zero-order valence-electron chi connectivity index (χ0n) is 10.8. The summed E-state index contributed by atoms with van der Waals surface area (Å²) in [4.78, 5) is 18.6. The Bertz CT molecular complexity index is 508. The summed E-state index contributed by atoms with van der Waals surface area (Å²) in [6, 6.07) is 8.38. The van der Waals surface area contributed by atoms with Gasteiger partial charge in [0.25, 0.3) is 0 Å². The van der Waals surface area contributed by atoms with Gasteiger partial charge in [-0.25, -0.2) is 4.98 Å². The molecule has 0 fully saturated rings. The number of aromatic amines is 1. The Balaban J connectivity index is 1.65. The third kappa shape index (κ3) is 4.79. The van der Waals surface area contributed by atoms with Gasteiger partial charge in [0, 0.05) is 18.1 Å². The maximum absolute atomic E-state index is 11.6. The minimum atomic E-state index is 0.0357. The van der Waals surface area contributed by atoms with Crippen molar-refractivity contribution in [3.05, 3.63) is 53.6 Å². The van der Waals surface area contributed by atoms with Crippen molar-refractivity contribution in [2.45, 2.75) is 19.2 Å². The molecule has 0 saturated heterocycles. The second-order valence-corrected chi connectivity index (χ2v) is 5.28. The predicted octanol–water partition coefficient (Wildman–Crippen LogP) is 2.27. The highest BCUT2D eigenvalue weighted by atomic mass is 32.2. The van der Waals surface area contributed by atoms with Crippen LogP contribution in [0.2, 0.25) is 0 Å². The van der Waals surface area contributed by atoms with Crippen LogP contribution in [-0.4, -0.2) is 21.6 Å². The molecule has 1 heterocycles. The molecule has 0 aliphatic rings. The van der Waals surface area contributed by atoms with Crippen molar-refractivity contribution in [1.29, 1.82) is 0 Å². The van der Waals surface area contributed by atoms with E-state index < -0.39 is 0 Å². The summed E-state index contributed by atoms with van der Waals surface area (Å²) in [5.74, 6) is 2.13. The lowest BCUT2D eigenvalue weighted by atomic mass is 10.2. The summed E-state index contributed by atoms with van der Waals surface area (Å²) in [7, 11) is 0. The number of aryl methyl sites for hydroxylation is 1. The van der Waals surface area contributed by atoms with Gasteiger partial charge in [-0.15, -0.1) is 11.8 Å². The Kier molecular flexibility index (Phi) is 5.03. The Morgan fingerprint density at radius 2 is 2.16 bits per heavy atom. The topological polar surface area (TPSA) is 57.8 Å². The standard InChI is InChI=1S/C14H17N3OS/c1-11-2-4-12(5-3-11)9-19-10-14(18)17-8-13-15-6-7-16-13/h2-7H,8-10H2,1H3,(H,15,16)(H,17,18). The van der Waals surface area contributed by atoms with Crippen molar-refractivity contribution in [3.63, 3.8) is 0 Å². The summed E-state index contributed by atoms with van der Waals surface area (Å²) < 4.78 is 0. The van der Waals surface area contributed by atoms with Crippen LogP contribution in [-0.2, 0) is 17.1 Å². The normalized spacial score (nSPS) is 10.4. The lowest BCUT2D eigenvalue weighted by molar-refractivity contribution is -0.118. The zero-order chi connectivity index (χ0) is 13.5. The summed E-state index contributed by atoms with van der Waals surface area (Å²) >= 11 is 1.61. The quantitative estimate of drug-likeness (QED) is 0.850. The summed E-state index contributed by atoms with van der Waals surface area (Å²) in [5.41, 5.74) is 2.50. The van der Waals surface area contributed by atoms with Crippen molar-refractivity contribution < 1.29 is 4.79 Å². The maximum atomic E-state index is 11.6. The molecule has 0 aliphatic carbocycles. The van der Waals surface area contributed by atoms with Crippen molar-refractivity contribution in [2.75, 3.05) is 5.75 Å². The third-order valence-corrected chi connectivity index (χ3v) is 3.63. The molecular formula is C14H17N3OS. The Morgan fingerprint density at radius 3 is 2.84 bits per heavy atom. The van der Waals surface area contributed by atoms with E-state index in [4.69, 9.17) is 0 Å². The van der Waals surface area contributed by atoms with Gasteiger partial charge in [-0.2, -0.15) is 0 Å². The molecule has 2 rings (SSSR count). The highest BCUT2D eigenvalue weighted by Gasteiger charge is 2.03. The first-order chi connectivity index (χ1) is 9.24. The molecule has 0 saturated carbocycles. The highest BCUT2D eigenvalue weighted by molar-refractivity contribution is 7.99. The molecule has 1 aromatic heterocycles. The summed E-state index contributed by atoms with van der Waals surface area (Å²) in [5, 5.41) is 2.83. The van der Waals surface area contributed by atoms with E-state index >= 15 is 0 Å². The number of H-pyrrole nitrogens is 1. The van der Waals surface area contributed by atoms with E-state index in [1.165, 1.54) is 11.1 Å². The Hall–Kier alpha value is -1.75. The molecule has 1 aromatic carbocycles. The first kappa shape index (κ1) is 13.7. The van der Waals surface area contributed by atoms with Crippen LogP contribution in [0.25, 0.3) is 0 Å². The molecule has 19 heavy (non-hydrogen) atoms. The summed E-state index contributed by atoms with van der Waals surface area (Å²) in [6.07, 6.45) is 3.42. The van der Waals surface area contributed by atoms with Crippen LogP contribution in [0.4, 0.5) is 0 Å². The molecule has 0 spiro atoms. The minimum Gasteiger partial charge on any atom is -0.348 e. The first-order valence-electron chi connectivity index (χ1n) is 6.12. The number of nitrogens with one attached hydrogen (secondary N) is 2. The lowest BCUT2D eigenvalue weighted by Crippen LogP contribution is -2.25. The number of aromatic nitrogens is 2. The van der Waals surface area contributed by atoms with E-state index in [1.54, 1.807) is 24.2 Å². The predicted molar refractivity (Wildman–Crippen MR) is 77.8 cm³/mol. The molecule has 0 radical (unpaired) electrons. The van der Waals surface area contributed by atoms with Gasteiger partial charge in [-0.1, -0.05) is 29.8 Å². The highest BCUT2D eigenvalue weighted by Crippen LogP contribution is 2.12. The molecule has 0 unspecified atom stereocenters. The van der Waals surface area contributed by atoms with Crippen LogP contribution in [0.3, 0.4) is 0 Å². The van der Waals surface area contributed by atoms with Gasteiger partial charge in [0.2, 0.25) is 5.91 Å². The number of hydrogen-bond donors (Lipinski definition) is 2. The number of carbonyl (C=O) groups excluding carboxylic acids is 1. The van der Waals surface area contributed by atoms with Gasteiger partial charge < -0.3 is 10.3 Å². The number of rotatable bonds is 6. The van der Waals surface area contributed by atoms with Crippen LogP contribution in [0.1, 0.15) is 17.0 Å². The first-order valence-corrected chi connectivity index (χ1v) is 7.28. The number of amides is 1. The van der Waals surface area contributed by atoms with E-state index in [-0.39, 0.29) is 5.91 Å². The molecule has 1 amide bonds. The van der Waals surface area contributed by atoms with Crippen molar-refractivity contribution >= 4 is 17.7 Å². The average Bonchev–Trinajstić information content (AvgIpc) is 2.92. The average molecular weight is 275 g/mol. The number of thioether (sulfide) groups is 1. The fourth-order valence-electron chi connectivity index (χ4n) is 1.57. The largest absolute Gasteiger partial charge is 0.348 e. The fourth-order valence-corrected chi connectivity index (χ4v) is 2.39. The van der Waals surface area contributed by atoms with Crippen molar-refractivity contribution in [2.24, 2.45) is 0 Å². The molecular weight excluding hydrogens is 258 g/mol. The Morgan fingerprint density at radius 1 is 1.37 bits per heavy atom. The van der Waals surface area contributed by atoms with Crippen LogP contribution < -0.4 is 5.32 Å². The number of carbonyl (C=O) groups is 1. The van der Waals surface area contributed by atoms with E-state index in [0.717, 1.165) is 11.6 Å². The van der Waals surface area contributed by atoms with E-state index in [9.17, 15) is 4.79 Å². The smallest absolute Gasteiger partial charge is 0.230 e. The van der Waals surface area contributed by atoms with Crippen LogP contribution in [0, 0.1) is 6.92 Å². The number of benzene rings is 1. The molecule has 0 aliphatic heterocycles. The number of nitrogens with zero attached hydrogens (tertiary/aromatic N) is 1. The van der Waals surface area contributed by atoms with Crippen molar-refractivity contribution in [1.82, 2.24) is 15.3 Å². The Labute approximate surface area is 117 Å². The van der Waals surface area contributed by atoms with Gasteiger partial charge in [0.1, 0.15) is 5.82 Å². The van der Waals surface area contributed by atoms with Gasteiger partial charge in [0.05, 0.1) is 12.3 Å². The molecule has 4 nitrogen and oxygen atoms in total. The maximum Gasteiger partial charge on any atom is 0.230 e. The van der Waals surface area contributed by atoms with Crippen LogP contribution in [0.5, 0.6) is 0 Å². The van der Waals surface area contributed by atoms with Crippen LogP contribution in [0.15, 0.2) is 36.7 Å². The number of hydrogen-bond acceptors (Lipinski definition) is 3. The van der Waals surface area contributed by atoms with Gasteiger partial charge in [-0.3, -0.25) is 4.79 Å². The molecule has 0 atom stereocenters. The lowest BCUT2D eigenvalue weighted by Gasteiger charge is -2.04. The monoisotopic (exact) mass is 275 g/mol. The SMILES string of the molecule is Cc1ccc(CSCC(=O)NCc2ncc[nH]2)cc1. The molecule has 100 valence electrons. The van der Waals surface area contributed by atoms with Crippen molar-refractivity contribution in [3.8, 4) is 0 Å². The van der Waals surface area contributed by atoms with E-state index in [0.29, 0.717) is 12.3 Å². The minimum absolute atomic E-state index is 0.0357. The van der Waals surface area contributed by atoms with Gasteiger partial charge >= 0.3 is 0 Å². The second kappa shape index (κ2) is 6.99. The molecule has 2 aromatic rings. The molecule has 5 heteroatoms. The number of imidazole rings is 1. The van der Waals surface area contributed by atoms with Gasteiger partial charge in [0.15, 0.2) is 0 Å². The van der Waals surface area contributed by atoms with Gasteiger partial charge in [-0.05, 0) is 12.5 Å². The zero-order valence-corrected chi connectivity index (χ0v) is 11.7. The van der Waals surface area contributed by atoms with Crippen LogP contribution >= 0.6 is 11.8 Å².